The van der Waals surface area contributed by atoms with E-state index in [1.54, 1.807) is 24.3 Å². The summed E-state index contributed by atoms with van der Waals surface area (Å²) in [5.74, 6) is -0.498. The van der Waals surface area contributed by atoms with Crippen LogP contribution in [-0.2, 0) is 6.18 Å². The van der Waals surface area contributed by atoms with Crippen LogP contribution in [0.5, 0.6) is 0 Å². The van der Waals surface area contributed by atoms with Gasteiger partial charge in [0.2, 0.25) is 5.95 Å². The third kappa shape index (κ3) is 3.80. The summed E-state index contributed by atoms with van der Waals surface area (Å²) >= 11 is 0. The van der Waals surface area contributed by atoms with Gasteiger partial charge in [0.05, 0.1) is 16.6 Å². The van der Waals surface area contributed by atoms with E-state index in [0.717, 1.165) is 6.07 Å². The van der Waals surface area contributed by atoms with E-state index < -0.39 is 17.6 Å². The average molecular weight is 413 g/mol. The first kappa shape index (κ1) is 19.4. The summed E-state index contributed by atoms with van der Waals surface area (Å²) in [5, 5.41) is 11.6. The molecule has 30 heavy (non-hydrogen) atoms. The van der Waals surface area contributed by atoms with E-state index in [1.165, 1.54) is 36.1 Å². The summed E-state index contributed by atoms with van der Waals surface area (Å²) in [6.45, 7) is 0. The normalized spacial score (nSPS) is 11.5. The number of hydrogen-bond donors (Lipinski definition) is 4. The van der Waals surface area contributed by atoms with Crippen LogP contribution in [0, 0.1) is 0 Å². The zero-order valence-corrected chi connectivity index (χ0v) is 15.2. The molecular formula is C20H14F3N5O2. The van der Waals surface area contributed by atoms with Crippen LogP contribution in [0.15, 0.2) is 60.9 Å². The van der Waals surface area contributed by atoms with Crippen molar-refractivity contribution in [3.63, 3.8) is 0 Å². The number of fused-ring (bicyclic) bond motifs is 1. The molecule has 0 fully saturated rings. The van der Waals surface area contributed by atoms with Crippen molar-refractivity contribution in [3.05, 3.63) is 72.1 Å². The van der Waals surface area contributed by atoms with Gasteiger partial charge < -0.3 is 10.3 Å². The van der Waals surface area contributed by atoms with Crippen molar-refractivity contribution < 1.29 is 23.2 Å². The Morgan fingerprint density at radius 3 is 2.63 bits per heavy atom. The Morgan fingerprint density at radius 1 is 1.10 bits per heavy atom. The number of hydroxylamine groups is 1. The number of imidazole rings is 1. The minimum absolute atomic E-state index is 0.0252. The van der Waals surface area contributed by atoms with Crippen molar-refractivity contribution >= 4 is 28.6 Å². The summed E-state index contributed by atoms with van der Waals surface area (Å²) in [6, 6.07) is 11.6. The summed E-state index contributed by atoms with van der Waals surface area (Å²) in [5.41, 5.74) is 2.20. The van der Waals surface area contributed by atoms with Crippen molar-refractivity contribution in [2.24, 2.45) is 0 Å². The highest BCUT2D eigenvalue weighted by atomic mass is 19.4. The maximum atomic E-state index is 13.6. The van der Waals surface area contributed by atoms with Crippen molar-refractivity contribution in [3.8, 4) is 11.1 Å². The number of pyridine rings is 1. The largest absolute Gasteiger partial charge is 0.417 e. The highest BCUT2D eigenvalue weighted by Gasteiger charge is 2.34. The minimum atomic E-state index is -4.57. The Labute approximate surface area is 167 Å². The van der Waals surface area contributed by atoms with E-state index in [0.29, 0.717) is 16.8 Å². The summed E-state index contributed by atoms with van der Waals surface area (Å²) < 4.78 is 40.9. The number of anilines is 2. The topological polar surface area (TPSA) is 103 Å². The number of halogens is 3. The van der Waals surface area contributed by atoms with Crippen LogP contribution in [0.4, 0.5) is 24.8 Å². The predicted octanol–water partition coefficient (Wildman–Crippen LogP) is 4.51. The standard InChI is InChI=1S/C20H14F3N5O2/c21-20(22,23)15-9-17-16(8-14(15)12-4-2-6-24-10-12)26-19(27-17)25-13-5-1-3-11(7-13)18(29)28-30/h1-10,30H,(H,28,29)(H2,25,26,27). The van der Waals surface area contributed by atoms with Gasteiger partial charge in [0, 0.05) is 29.2 Å². The molecule has 2 aromatic heterocycles. The van der Waals surface area contributed by atoms with Gasteiger partial charge in [0.15, 0.2) is 0 Å². The van der Waals surface area contributed by atoms with Crippen LogP contribution >= 0.6 is 0 Å². The van der Waals surface area contributed by atoms with Gasteiger partial charge in [-0.3, -0.25) is 15.0 Å². The molecule has 1 amide bonds. The second-order valence-electron chi connectivity index (χ2n) is 6.39. The molecule has 0 aliphatic rings. The number of carbonyl (C=O) groups excluding carboxylic acids is 1. The zero-order chi connectivity index (χ0) is 21.3. The number of rotatable bonds is 4. The molecule has 0 radical (unpaired) electrons. The van der Waals surface area contributed by atoms with Gasteiger partial charge in [-0.25, -0.2) is 10.5 Å². The molecule has 0 unspecified atom stereocenters. The number of nitrogens with one attached hydrogen (secondary N) is 3. The third-order valence-corrected chi connectivity index (χ3v) is 4.39. The van der Waals surface area contributed by atoms with E-state index in [-0.39, 0.29) is 22.6 Å². The molecule has 0 aliphatic carbocycles. The molecule has 0 bridgehead atoms. The molecule has 0 saturated carbocycles. The van der Waals surface area contributed by atoms with Gasteiger partial charge in [-0.1, -0.05) is 12.1 Å². The Hall–Kier alpha value is -3.92. The Morgan fingerprint density at radius 2 is 1.93 bits per heavy atom. The third-order valence-electron chi connectivity index (χ3n) is 4.39. The first-order valence-electron chi connectivity index (χ1n) is 8.68. The number of hydrogen-bond acceptors (Lipinski definition) is 5. The monoisotopic (exact) mass is 413 g/mol. The Bertz CT molecular complexity index is 1220. The van der Waals surface area contributed by atoms with Gasteiger partial charge >= 0.3 is 6.18 Å². The van der Waals surface area contributed by atoms with Crippen molar-refractivity contribution in [2.45, 2.75) is 6.18 Å². The van der Waals surface area contributed by atoms with Gasteiger partial charge in [-0.15, -0.1) is 0 Å². The number of aromatic amines is 1. The molecule has 0 spiro atoms. The maximum absolute atomic E-state index is 13.6. The molecule has 2 aromatic carbocycles. The maximum Gasteiger partial charge on any atom is 0.417 e. The molecular weight excluding hydrogens is 399 g/mol. The van der Waals surface area contributed by atoms with Crippen LogP contribution in [-0.4, -0.2) is 26.1 Å². The number of nitrogens with zero attached hydrogens (tertiary/aromatic N) is 2. The van der Waals surface area contributed by atoms with Crippen LogP contribution in [0.1, 0.15) is 15.9 Å². The van der Waals surface area contributed by atoms with Crippen molar-refractivity contribution in [2.75, 3.05) is 5.32 Å². The van der Waals surface area contributed by atoms with Crippen molar-refractivity contribution in [1.82, 2.24) is 20.4 Å². The zero-order valence-electron chi connectivity index (χ0n) is 15.2. The summed E-state index contributed by atoms with van der Waals surface area (Å²) in [7, 11) is 0. The fourth-order valence-corrected chi connectivity index (χ4v) is 3.05. The molecule has 4 rings (SSSR count). The molecule has 0 atom stereocenters. The Kier molecular flexibility index (Phi) is 4.84. The molecule has 10 heteroatoms. The van der Waals surface area contributed by atoms with Gasteiger partial charge in [0.25, 0.3) is 5.91 Å². The molecule has 4 N–H and O–H groups in total. The lowest BCUT2D eigenvalue weighted by atomic mass is 10.00. The fourth-order valence-electron chi connectivity index (χ4n) is 3.05. The SMILES string of the molecule is O=C(NO)c1cccc(Nc2nc3cc(-c4cccnc4)c(C(F)(F)F)cc3[nH]2)c1. The van der Waals surface area contributed by atoms with E-state index >= 15 is 0 Å². The van der Waals surface area contributed by atoms with E-state index in [1.807, 2.05) is 0 Å². The highest BCUT2D eigenvalue weighted by Crippen LogP contribution is 2.39. The highest BCUT2D eigenvalue weighted by molar-refractivity contribution is 5.94. The number of H-pyrrole nitrogens is 1. The minimum Gasteiger partial charge on any atom is -0.326 e. The smallest absolute Gasteiger partial charge is 0.326 e. The lowest BCUT2D eigenvalue weighted by Gasteiger charge is -2.12. The number of benzene rings is 2. The fraction of sp³-hybridized carbons (Fsp3) is 0.0500. The molecule has 0 aliphatic heterocycles. The lowest BCUT2D eigenvalue weighted by molar-refractivity contribution is -0.137. The number of amides is 1. The van der Waals surface area contributed by atoms with Crippen molar-refractivity contribution in [1.29, 1.82) is 0 Å². The summed E-state index contributed by atoms with van der Waals surface area (Å²) in [4.78, 5) is 22.6. The average Bonchev–Trinajstić information content (AvgIpc) is 3.13. The Balaban J connectivity index is 1.75. The molecule has 7 nitrogen and oxygen atoms in total. The van der Waals surface area contributed by atoms with Crippen LogP contribution in [0.3, 0.4) is 0 Å². The second-order valence-corrected chi connectivity index (χ2v) is 6.39. The van der Waals surface area contributed by atoms with Crippen LogP contribution < -0.4 is 10.8 Å². The quantitative estimate of drug-likeness (QED) is 0.291. The summed E-state index contributed by atoms with van der Waals surface area (Å²) in [6.07, 6.45) is -1.72. The van der Waals surface area contributed by atoms with Crippen LogP contribution in [0.25, 0.3) is 22.2 Å². The van der Waals surface area contributed by atoms with Crippen LogP contribution in [0.2, 0.25) is 0 Å². The van der Waals surface area contributed by atoms with E-state index in [2.05, 4.69) is 20.3 Å². The second kappa shape index (κ2) is 7.48. The first-order chi connectivity index (χ1) is 14.3. The van der Waals surface area contributed by atoms with Gasteiger partial charge in [-0.2, -0.15) is 13.2 Å². The van der Waals surface area contributed by atoms with E-state index in [9.17, 15) is 18.0 Å². The molecule has 0 saturated heterocycles. The molecule has 152 valence electrons. The van der Waals surface area contributed by atoms with Gasteiger partial charge in [0.1, 0.15) is 0 Å². The van der Waals surface area contributed by atoms with Gasteiger partial charge in [-0.05, 0) is 42.0 Å². The molecule has 4 aromatic rings. The van der Waals surface area contributed by atoms with E-state index in [4.69, 9.17) is 5.21 Å². The lowest BCUT2D eigenvalue weighted by Crippen LogP contribution is -2.18. The molecule has 2 heterocycles. The number of carbonyl (C=O) groups is 1. The predicted molar refractivity (Wildman–Crippen MR) is 103 cm³/mol. The number of aromatic nitrogens is 3. The number of alkyl halides is 3. The first-order valence-corrected chi connectivity index (χ1v) is 8.68.